The molecule has 0 saturated heterocycles. The van der Waals surface area contributed by atoms with Gasteiger partial charge in [0.15, 0.2) is 0 Å². The summed E-state index contributed by atoms with van der Waals surface area (Å²) in [6.45, 7) is 1.95. The minimum absolute atomic E-state index is 0.0204. The molecular formula is C16H19NO3. The predicted molar refractivity (Wildman–Crippen MR) is 74.5 cm³/mol. The van der Waals surface area contributed by atoms with Crippen molar-refractivity contribution in [3.05, 3.63) is 34.9 Å². The number of carbonyl (C=O) groups is 2. The number of rotatable bonds is 2. The van der Waals surface area contributed by atoms with Gasteiger partial charge in [0, 0.05) is 18.6 Å². The quantitative estimate of drug-likeness (QED) is 0.840. The third kappa shape index (κ3) is 1.95. The monoisotopic (exact) mass is 273 g/mol. The summed E-state index contributed by atoms with van der Waals surface area (Å²) in [4.78, 5) is 26.4. The molecule has 2 unspecified atom stereocenters. The maximum atomic E-state index is 12.5. The van der Waals surface area contributed by atoms with Crippen LogP contribution in [-0.2, 0) is 0 Å². The van der Waals surface area contributed by atoms with Crippen LogP contribution < -0.4 is 0 Å². The molecule has 4 nitrogen and oxygen atoms in total. The number of fused-ring (bicyclic) bond motifs is 1. The van der Waals surface area contributed by atoms with Gasteiger partial charge < -0.3 is 5.11 Å². The first kappa shape index (κ1) is 13.3. The number of imide groups is 1. The molecular weight excluding hydrogens is 254 g/mol. The first-order valence-corrected chi connectivity index (χ1v) is 7.23. The van der Waals surface area contributed by atoms with E-state index in [1.807, 2.05) is 13.0 Å². The fraction of sp³-hybridized carbons (Fsp3) is 0.500. The standard InChI is InChI=1S/C16H19NO3/c1-10-6-7-12-13(8-10)16(20)17(15(12)19)14-5-3-2-4-11(14)9-18/h6-8,11,14,18H,2-5,9H2,1H3. The van der Waals surface area contributed by atoms with Crippen molar-refractivity contribution < 1.29 is 14.7 Å². The van der Waals surface area contributed by atoms with E-state index in [1.54, 1.807) is 12.1 Å². The minimum atomic E-state index is -0.199. The van der Waals surface area contributed by atoms with Crippen LogP contribution in [0.5, 0.6) is 0 Å². The van der Waals surface area contributed by atoms with Gasteiger partial charge in [-0.25, -0.2) is 0 Å². The molecule has 2 aliphatic rings. The van der Waals surface area contributed by atoms with E-state index in [-0.39, 0.29) is 30.4 Å². The molecule has 1 saturated carbocycles. The number of hydrogen-bond donors (Lipinski definition) is 1. The molecule has 0 radical (unpaired) electrons. The van der Waals surface area contributed by atoms with Crippen LogP contribution in [0.25, 0.3) is 0 Å². The van der Waals surface area contributed by atoms with Gasteiger partial charge in [-0.15, -0.1) is 0 Å². The first-order valence-electron chi connectivity index (χ1n) is 7.23. The van der Waals surface area contributed by atoms with Crippen LogP contribution in [0.3, 0.4) is 0 Å². The summed E-state index contributed by atoms with van der Waals surface area (Å²) in [6, 6.07) is 5.23. The topological polar surface area (TPSA) is 57.6 Å². The number of carbonyl (C=O) groups excluding carboxylic acids is 2. The van der Waals surface area contributed by atoms with E-state index in [4.69, 9.17) is 0 Å². The number of aliphatic hydroxyl groups excluding tert-OH is 1. The molecule has 1 fully saturated rings. The highest BCUT2D eigenvalue weighted by molar-refractivity contribution is 6.21. The molecule has 1 aliphatic heterocycles. The van der Waals surface area contributed by atoms with Crippen LogP contribution in [0.4, 0.5) is 0 Å². The molecule has 1 N–H and O–H groups in total. The van der Waals surface area contributed by atoms with Gasteiger partial charge >= 0.3 is 0 Å². The average molecular weight is 273 g/mol. The lowest BCUT2D eigenvalue weighted by atomic mass is 9.84. The number of aryl methyl sites for hydroxylation is 1. The Kier molecular flexibility index (Phi) is 3.34. The molecule has 2 atom stereocenters. The zero-order valence-corrected chi connectivity index (χ0v) is 11.6. The van der Waals surface area contributed by atoms with Crippen molar-refractivity contribution in [3.63, 3.8) is 0 Å². The first-order chi connectivity index (χ1) is 9.63. The normalized spacial score (nSPS) is 26.0. The summed E-state index contributed by atoms with van der Waals surface area (Å²) in [5, 5.41) is 9.51. The van der Waals surface area contributed by atoms with E-state index in [1.165, 1.54) is 4.90 Å². The Morgan fingerprint density at radius 1 is 1.15 bits per heavy atom. The second-order valence-corrected chi connectivity index (χ2v) is 5.82. The smallest absolute Gasteiger partial charge is 0.261 e. The van der Waals surface area contributed by atoms with Crippen molar-refractivity contribution in [2.75, 3.05) is 6.61 Å². The summed E-state index contributed by atoms with van der Waals surface area (Å²) in [7, 11) is 0. The molecule has 0 aromatic heterocycles. The SMILES string of the molecule is Cc1ccc2c(c1)C(=O)N(C1CCCCC1CO)C2=O. The molecule has 1 aliphatic carbocycles. The van der Waals surface area contributed by atoms with Crippen molar-refractivity contribution >= 4 is 11.8 Å². The van der Waals surface area contributed by atoms with Gasteiger partial charge in [-0.1, -0.05) is 24.5 Å². The number of amides is 2. The maximum absolute atomic E-state index is 12.5. The van der Waals surface area contributed by atoms with Crippen molar-refractivity contribution in [2.45, 2.75) is 38.6 Å². The molecule has 1 heterocycles. The van der Waals surface area contributed by atoms with Crippen LogP contribution in [0.15, 0.2) is 18.2 Å². The average Bonchev–Trinajstić information content (AvgIpc) is 2.70. The molecule has 0 spiro atoms. The van der Waals surface area contributed by atoms with E-state index < -0.39 is 0 Å². The highest BCUT2D eigenvalue weighted by Gasteiger charge is 2.43. The second-order valence-electron chi connectivity index (χ2n) is 5.82. The van der Waals surface area contributed by atoms with E-state index in [0.29, 0.717) is 11.1 Å². The molecule has 1 aromatic carbocycles. The van der Waals surface area contributed by atoms with Crippen LogP contribution >= 0.6 is 0 Å². The molecule has 1 aromatic rings. The largest absolute Gasteiger partial charge is 0.396 e. The number of benzene rings is 1. The Labute approximate surface area is 118 Å². The van der Waals surface area contributed by atoms with Crippen LogP contribution in [0, 0.1) is 12.8 Å². The van der Waals surface area contributed by atoms with Crippen molar-refractivity contribution in [1.29, 1.82) is 0 Å². The van der Waals surface area contributed by atoms with Gasteiger partial charge in [0.05, 0.1) is 11.1 Å². The van der Waals surface area contributed by atoms with E-state index in [9.17, 15) is 14.7 Å². The lowest BCUT2D eigenvalue weighted by molar-refractivity contribution is 0.0399. The lowest BCUT2D eigenvalue weighted by Gasteiger charge is -2.35. The summed E-state index contributed by atoms with van der Waals surface area (Å²) in [5.74, 6) is -0.374. The Balaban J connectivity index is 1.96. The molecule has 4 heteroatoms. The van der Waals surface area contributed by atoms with Gasteiger partial charge in [-0.2, -0.15) is 0 Å². The van der Waals surface area contributed by atoms with Crippen molar-refractivity contribution in [2.24, 2.45) is 5.92 Å². The Morgan fingerprint density at radius 2 is 1.85 bits per heavy atom. The van der Waals surface area contributed by atoms with E-state index in [2.05, 4.69) is 0 Å². The molecule has 20 heavy (non-hydrogen) atoms. The second kappa shape index (κ2) is 5.02. The lowest BCUT2D eigenvalue weighted by Crippen LogP contribution is -2.46. The molecule has 106 valence electrons. The van der Waals surface area contributed by atoms with Crippen LogP contribution in [0.2, 0.25) is 0 Å². The fourth-order valence-electron chi connectivity index (χ4n) is 3.42. The molecule has 0 bridgehead atoms. The third-order valence-electron chi connectivity index (χ3n) is 4.51. The van der Waals surface area contributed by atoms with Crippen molar-refractivity contribution in [3.8, 4) is 0 Å². The van der Waals surface area contributed by atoms with Gasteiger partial charge in [0.25, 0.3) is 11.8 Å². The van der Waals surface area contributed by atoms with E-state index in [0.717, 1.165) is 31.2 Å². The van der Waals surface area contributed by atoms with Gasteiger partial charge in [-0.3, -0.25) is 14.5 Å². The highest BCUT2D eigenvalue weighted by atomic mass is 16.3. The maximum Gasteiger partial charge on any atom is 0.261 e. The number of aliphatic hydroxyl groups is 1. The fourth-order valence-corrected chi connectivity index (χ4v) is 3.42. The number of hydrogen-bond acceptors (Lipinski definition) is 3. The molecule has 2 amide bonds. The van der Waals surface area contributed by atoms with Crippen molar-refractivity contribution in [1.82, 2.24) is 4.90 Å². The minimum Gasteiger partial charge on any atom is -0.396 e. The predicted octanol–water partition coefficient (Wildman–Crippen LogP) is 2.14. The van der Waals surface area contributed by atoms with Gasteiger partial charge in [0.2, 0.25) is 0 Å². The van der Waals surface area contributed by atoms with Gasteiger partial charge in [0.1, 0.15) is 0 Å². The third-order valence-corrected chi connectivity index (χ3v) is 4.51. The summed E-state index contributed by atoms with van der Waals surface area (Å²) in [6.07, 6.45) is 3.75. The Hall–Kier alpha value is -1.68. The molecule has 3 rings (SSSR count). The summed E-state index contributed by atoms with van der Waals surface area (Å²) >= 11 is 0. The Morgan fingerprint density at radius 3 is 2.60 bits per heavy atom. The zero-order chi connectivity index (χ0) is 14.3. The summed E-state index contributed by atoms with van der Waals surface area (Å²) in [5.41, 5.74) is 1.99. The Bertz CT molecular complexity index is 567. The van der Waals surface area contributed by atoms with Crippen LogP contribution in [-0.4, -0.2) is 34.5 Å². The highest BCUT2D eigenvalue weighted by Crippen LogP contribution is 2.34. The van der Waals surface area contributed by atoms with E-state index >= 15 is 0 Å². The van der Waals surface area contributed by atoms with Gasteiger partial charge in [-0.05, 0) is 31.9 Å². The summed E-state index contributed by atoms with van der Waals surface area (Å²) < 4.78 is 0. The van der Waals surface area contributed by atoms with Crippen LogP contribution in [0.1, 0.15) is 52.0 Å². The zero-order valence-electron chi connectivity index (χ0n) is 11.6. The number of nitrogens with zero attached hydrogens (tertiary/aromatic N) is 1.